The highest BCUT2D eigenvalue weighted by Gasteiger charge is 2.29. The van der Waals surface area contributed by atoms with Gasteiger partial charge in [0.2, 0.25) is 0 Å². The average Bonchev–Trinajstić information content (AvgIpc) is 2.36. The van der Waals surface area contributed by atoms with Crippen molar-refractivity contribution in [2.75, 3.05) is 0 Å². The van der Waals surface area contributed by atoms with Crippen LogP contribution in [0.1, 0.15) is 38.2 Å². The number of aryl methyl sites for hydroxylation is 1. The van der Waals surface area contributed by atoms with Crippen LogP contribution in [0.2, 0.25) is 0 Å². The molecule has 3 heteroatoms. The van der Waals surface area contributed by atoms with E-state index in [1.807, 2.05) is 0 Å². The Balaban J connectivity index is 2.04. The molecule has 1 N–H and O–H groups in total. The second-order valence-corrected chi connectivity index (χ2v) is 5.22. The van der Waals surface area contributed by atoms with Crippen molar-refractivity contribution in [2.45, 2.75) is 51.7 Å². The third-order valence-corrected chi connectivity index (χ3v) is 3.86. The maximum absolute atomic E-state index is 13.2. The fourth-order valence-corrected chi connectivity index (χ4v) is 2.56. The number of halogens is 1. The Hall–Kier alpha value is -1.09. The van der Waals surface area contributed by atoms with E-state index in [4.69, 9.17) is 4.74 Å². The maximum Gasteiger partial charge on any atom is 0.126 e. The third-order valence-electron chi connectivity index (χ3n) is 3.86. The first-order chi connectivity index (χ1) is 8.60. The predicted octanol–water partition coefficient (Wildman–Crippen LogP) is 3.45. The van der Waals surface area contributed by atoms with E-state index in [2.05, 4.69) is 6.92 Å². The lowest BCUT2D eigenvalue weighted by molar-refractivity contribution is -0.0109. The fourth-order valence-electron chi connectivity index (χ4n) is 2.56. The van der Waals surface area contributed by atoms with Crippen LogP contribution in [0.25, 0.3) is 0 Å². The molecule has 0 radical (unpaired) electrons. The van der Waals surface area contributed by atoms with Crippen LogP contribution in [0.3, 0.4) is 0 Å². The number of aliphatic hydroxyl groups is 1. The Morgan fingerprint density at radius 3 is 2.83 bits per heavy atom. The summed E-state index contributed by atoms with van der Waals surface area (Å²) in [5, 5.41) is 9.97. The quantitative estimate of drug-likeness (QED) is 0.892. The van der Waals surface area contributed by atoms with Gasteiger partial charge in [0.1, 0.15) is 17.7 Å². The van der Waals surface area contributed by atoms with Crippen LogP contribution in [0, 0.1) is 18.7 Å². The molecule has 2 nitrogen and oxygen atoms in total. The summed E-state index contributed by atoms with van der Waals surface area (Å²) in [6, 6.07) is 4.74. The van der Waals surface area contributed by atoms with E-state index in [0.29, 0.717) is 17.2 Å². The first kappa shape index (κ1) is 13.3. The molecule has 18 heavy (non-hydrogen) atoms. The molecule has 0 amide bonds. The van der Waals surface area contributed by atoms with Gasteiger partial charge in [0.15, 0.2) is 0 Å². The van der Waals surface area contributed by atoms with Gasteiger partial charge in [-0.15, -0.1) is 0 Å². The van der Waals surface area contributed by atoms with Crippen LogP contribution in [-0.4, -0.2) is 17.3 Å². The zero-order valence-corrected chi connectivity index (χ0v) is 11.0. The van der Waals surface area contributed by atoms with Crippen molar-refractivity contribution < 1.29 is 14.2 Å². The lowest BCUT2D eigenvalue weighted by Gasteiger charge is -2.33. The summed E-state index contributed by atoms with van der Waals surface area (Å²) in [4.78, 5) is 0. The Bertz CT molecular complexity index is 405. The second kappa shape index (κ2) is 5.70. The van der Waals surface area contributed by atoms with E-state index in [1.165, 1.54) is 6.07 Å². The molecular weight excluding hydrogens is 231 g/mol. The summed E-state index contributed by atoms with van der Waals surface area (Å²) < 4.78 is 19.0. The van der Waals surface area contributed by atoms with Crippen molar-refractivity contribution >= 4 is 0 Å². The molecule has 0 aliphatic heterocycles. The first-order valence-corrected chi connectivity index (χ1v) is 6.71. The highest BCUT2D eigenvalue weighted by molar-refractivity contribution is 5.29. The molecule has 3 atom stereocenters. The monoisotopic (exact) mass is 252 g/mol. The molecule has 1 aliphatic carbocycles. The maximum atomic E-state index is 13.2. The van der Waals surface area contributed by atoms with Crippen LogP contribution in [0.4, 0.5) is 4.39 Å². The van der Waals surface area contributed by atoms with Gasteiger partial charge in [-0.1, -0.05) is 13.3 Å². The Labute approximate surface area is 108 Å². The molecule has 1 aromatic rings. The van der Waals surface area contributed by atoms with Crippen molar-refractivity contribution in [3.63, 3.8) is 0 Å². The van der Waals surface area contributed by atoms with E-state index >= 15 is 0 Å². The fraction of sp³-hybridized carbons (Fsp3) is 0.600. The molecule has 0 spiro atoms. The van der Waals surface area contributed by atoms with Crippen molar-refractivity contribution in [1.29, 1.82) is 0 Å². The van der Waals surface area contributed by atoms with E-state index in [0.717, 1.165) is 25.7 Å². The SMILES string of the molecule is CCC1CCC(O)C(Oc2ccc(F)c(C)c2)C1. The third kappa shape index (κ3) is 3.02. The highest BCUT2D eigenvalue weighted by Crippen LogP contribution is 2.30. The summed E-state index contributed by atoms with van der Waals surface area (Å²) in [7, 11) is 0. The Morgan fingerprint density at radius 1 is 1.39 bits per heavy atom. The van der Waals surface area contributed by atoms with Crippen LogP contribution >= 0.6 is 0 Å². The van der Waals surface area contributed by atoms with Crippen molar-refractivity contribution in [2.24, 2.45) is 5.92 Å². The lowest BCUT2D eigenvalue weighted by Crippen LogP contribution is -2.38. The lowest BCUT2D eigenvalue weighted by atomic mass is 9.84. The molecular formula is C15H21FO2. The normalized spacial score (nSPS) is 28.1. The molecule has 2 rings (SSSR count). The van der Waals surface area contributed by atoms with Gasteiger partial charge >= 0.3 is 0 Å². The van der Waals surface area contributed by atoms with Crippen LogP contribution in [0.5, 0.6) is 5.75 Å². The average molecular weight is 252 g/mol. The van der Waals surface area contributed by atoms with E-state index in [1.54, 1.807) is 19.1 Å². The second-order valence-electron chi connectivity index (χ2n) is 5.22. The minimum Gasteiger partial charge on any atom is -0.488 e. The minimum atomic E-state index is -0.404. The van der Waals surface area contributed by atoms with E-state index in [-0.39, 0.29) is 11.9 Å². The summed E-state index contributed by atoms with van der Waals surface area (Å²) in [5.74, 6) is 1.05. The van der Waals surface area contributed by atoms with Gasteiger partial charge in [-0.3, -0.25) is 0 Å². The largest absolute Gasteiger partial charge is 0.488 e. The number of rotatable bonds is 3. The van der Waals surface area contributed by atoms with Crippen molar-refractivity contribution in [3.05, 3.63) is 29.6 Å². The number of ether oxygens (including phenoxy) is 1. The summed E-state index contributed by atoms with van der Waals surface area (Å²) >= 11 is 0. The molecule has 0 saturated heterocycles. The van der Waals surface area contributed by atoms with Gasteiger partial charge in [0, 0.05) is 0 Å². The van der Waals surface area contributed by atoms with E-state index in [9.17, 15) is 9.50 Å². The molecule has 1 aromatic carbocycles. The minimum absolute atomic E-state index is 0.159. The van der Waals surface area contributed by atoms with Gasteiger partial charge in [0.25, 0.3) is 0 Å². The van der Waals surface area contributed by atoms with Gasteiger partial charge in [-0.05, 0) is 55.9 Å². The van der Waals surface area contributed by atoms with Gasteiger partial charge in [0.05, 0.1) is 6.10 Å². The topological polar surface area (TPSA) is 29.5 Å². The van der Waals surface area contributed by atoms with E-state index < -0.39 is 6.10 Å². The Kier molecular flexibility index (Phi) is 4.23. The van der Waals surface area contributed by atoms with Crippen LogP contribution in [-0.2, 0) is 0 Å². The number of aliphatic hydroxyl groups excluding tert-OH is 1. The van der Waals surface area contributed by atoms with Gasteiger partial charge in [-0.2, -0.15) is 0 Å². The summed E-state index contributed by atoms with van der Waals surface area (Å²) in [6.45, 7) is 3.88. The molecule has 0 heterocycles. The molecule has 0 bridgehead atoms. The molecule has 3 unspecified atom stereocenters. The van der Waals surface area contributed by atoms with Gasteiger partial charge < -0.3 is 9.84 Å². The summed E-state index contributed by atoms with van der Waals surface area (Å²) in [5.41, 5.74) is 0.574. The molecule has 1 aliphatic rings. The Morgan fingerprint density at radius 2 is 2.17 bits per heavy atom. The molecule has 1 saturated carbocycles. The van der Waals surface area contributed by atoms with Crippen molar-refractivity contribution in [3.8, 4) is 5.75 Å². The molecule has 0 aromatic heterocycles. The standard InChI is InChI=1S/C15H21FO2/c1-3-11-4-7-14(17)15(9-11)18-12-5-6-13(16)10(2)8-12/h5-6,8,11,14-15,17H,3-4,7,9H2,1-2H3. The summed E-state index contributed by atoms with van der Waals surface area (Å²) in [6.07, 6.45) is 3.30. The first-order valence-electron chi connectivity index (χ1n) is 6.71. The van der Waals surface area contributed by atoms with Crippen LogP contribution in [0.15, 0.2) is 18.2 Å². The van der Waals surface area contributed by atoms with Crippen LogP contribution < -0.4 is 4.74 Å². The predicted molar refractivity (Wildman–Crippen MR) is 69.2 cm³/mol. The zero-order valence-electron chi connectivity index (χ0n) is 11.0. The zero-order chi connectivity index (χ0) is 13.1. The number of hydrogen-bond donors (Lipinski definition) is 1. The number of benzene rings is 1. The van der Waals surface area contributed by atoms with Gasteiger partial charge in [-0.25, -0.2) is 4.39 Å². The smallest absolute Gasteiger partial charge is 0.126 e. The molecule has 1 fully saturated rings. The number of hydrogen-bond acceptors (Lipinski definition) is 2. The highest BCUT2D eigenvalue weighted by atomic mass is 19.1. The molecule has 100 valence electrons. The van der Waals surface area contributed by atoms with Crippen molar-refractivity contribution in [1.82, 2.24) is 0 Å².